The maximum Gasteiger partial charge on any atom is 0.338 e. The first kappa shape index (κ1) is 15.5. The molecule has 3 nitrogen and oxygen atoms in total. The fraction of sp³-hybridized carbons (Fsp3) is 0.222. The van der Waals surface area contributed by atoms with Crippen molar-refractivity contribution < 1.29 is 9.53 Å². The molecule has 14 heavy (non-hydrogen) atoms. The summed E-state index contributed by atoms with van der Waals surface area (Å²) in [6.45, 7) is 2.17. The van der Waals surface area contributed by atoms with Gasteiger partial charge in [-0.05, 0) is 31.2 Å². The Hall–Kier alpha value is -0.930. The molecule has 1 aromatic carbocycles. The van der Waals surface area contributed by atoms with Gasteiger partial charge >= 0.3 is 5.97 Å². The monoisotopic (exact) mass is 237 g/mol. The molecule has 5 heteroatoms. The van der Waals surface area contributed by atoms with Crippen LogP contribution >= 0.6 is 24.8 Å². The van der Waals surface area contributed by atoms with E-state index in [1.807, 2.05) is 0 Å². The molecule has 0 fully saturated rings. The van der Waals surface area contributed by atoms with Gasteiger partial charge in [-0.15, -0.1) is 24.8 Å². The summed E-state index contributed by atoms with van der Waals surface area (Å²) in [4.78, 5) is 11.1. The van der Waals surface area contributed by atoms with Crippen molar-refractivity contribution in [2.75, 3.05) is 12.3 Å². The fourth-order valence-corrected chi connectivity index (χ4v) is 0.834. The molecule has 0 heterocycles. The van der Waals surface area contributed by atoms with Gasteiger partial charge in [0, 0.05) is 5.69 Å². The van der Waals surface area contributed by atoms with E-state index >= 15 is 0 Å². The number of esters is 1. The third-order valence-electron chi connectivity index (χ3n) is 1.42. The lowest BCUT2D eigenvalue weighted by molar-refractivity contribution is 0.0526. The minimum atomic E-state index is -0.308. The van der Waals surface area contributed by atoms with Crippen LogP contribution in [0.2, 0.25) is 0 Å². The third-order valence-corrected chi connectivity index (χ3v) is 1.42. The number of rotatable bonds is 2. The first-order chi connectivity index (χ1) is 5.74. The molecule has 2 N–H and O–H groups in total. The van der Waals surface area contributed by atoms with Gasteiger partial charge in [0.15, 0.2) is 0 Å². The van der Waals surface area contributed by atoms with Gasteiger partial charge in [0.2, 0.25) is 0 Å². The van der Waals surface area contributed by atoms with Gasteiger partial charge in [0.25, 0.3) is 0 Å². The summed E-state index contributed by atoms with van der Waals surface area (Å²) in [5.41, 5.74) is 6.62. The van der Waals surface area contributed by atoms with Crippen LogP contribution in [0.3, 0.4) is 0 Å². The Morgan fingerprint density at radius 1 is 1.29 bits per heavy atom. The van der Waals surface area contributed by atoms with E-state index < -0.39 is 0 Å². The van der Waals surface area contributed by atoms with E-state index in [9.17, 15) is 4.79 Å². The molecule has 1 rings (SSSR count). The van der Waals surface area contributed by atoms with E-state index in [1.54, 1.807) is 31.2 Å². The highest BCUT2D eigenvalue weighted by molar-refractivity contribution is 5.89. The van der Waals surface area contributed by atoms with E-state index in [4.69, 9.17) is 10.5 Å². The van der Waals surface area contributed by atoms with E-state index in [0.717, 1.165) is 0 Å². The van der Waals surface area contributed by atoms with Crippen LogP contribution in [0, 0.1) is 0 Å². The highest BCUT2D eigenvalue weighted by Gasteiger charge is 2.03. The Bertz CT molecular complexity index is 275. The zero-order chi connectivity index (χ0) is 8.97. The van der Waals surface area contributed by atoms with Gasteiger partial charge in [0.1, 0.15) is 0 Å². The molecule has 1 aromatic rings. The normalized spacial score (nSPS) is 8.07. The lowest BCUT2D eigenvalue weighted by Crippen LogP contribution is -2.04. The Labute approximate surface area is 95.4 Å². The molecule has 0 unspecified atom stereocenters. The zero-order valence-electron chi connectivity index (χ0n) is 7.73. The Kier molecular flexibility index (Phi) is 8.29. The molecule has 0 aliphatic rings. The van der Waals surface area contributed by atoms with Gasteiger partial charge in [-0.2, -0.15) is 0 Å². The Morgan fingerprint density at radius 2 is 1.79 bits per heavy atom. The van der Waals surface area contributed by atoms with Crippen molar-refractivity contribution in [1.82, 2.24) is 0 Å². The molecule has 0 aliphatic carbocycles. The molecule has 0 saturated carbocycles. The molecular formula is C9H13Cl2NO2. The van der Waals surface area contributed by atoms with Crippen LogP contribution in [-0.2, 0) is 4.74 Å². The van der Waals surface area contributed by atoms with Crippen molar-refractivity contribution in [2.24, 2.45) is 0 Å². The number of ether oxygens (including phenoxy) is 1. The maximum atomic E-state index is 11.1. The van der Waals surface area contributed by atoms with Gasteiger partial charge in [-0.25, -0.2) is 4.79 Å². The minimum Gasteiger partial charge on any atom is -0.462 e. The second-order valence-corrected chi connectivity index (χ2v) is 2.34. The first-order valence-corrected chi connectivity index (χ1v) is 3.76. The number of anilines is 1. The average molecular weight is 238 g/mol. The highest BCUT2D eigenvalue weighted by Crippen LogP contribution is 2.06. The summed E-state index contributed by atoms with van der Waals surface area (Å²) < 4.78 is 4.79. The number of benzene rings is 1. The van der Waals surface area contributed by atoms with Gasteiger partial charge in [-0.3, -0.25) is 0 Å². The summed E-state index contributed by atoms with van der Waals surface area (Å²) in [5.74, 6) is -0.308. The quantitative estimate of drug-likeness (QED) is 0.635. The van der Waals surface area contributed by atoms with Crippen LogP contribution in [0.25, 0.3) is 0 Å². The van der Waals surface area contributed by atoms with Gasteiger partial charge in [-0.1, -0.05) is 0 Å². The van der Waals surface area contributed by atoms with Crippen molar-refractivity contribution in [3.8, 4) is 0 Å². The molecule has 0 amide bonds. The SMILES string of the molecule is CCOC(=O)c1ccc(N)cc1.Cl.Cl. The topological polar surface area (TPSA) is 52.3 Å². The van der Waals surface area contributed by atoms with E-state index in [2.05, 4.69) is 0 Å². The lowest BCUT2D eigenvalue weighted by Gasteiger charge is -2.00. The van der Waals surface area contributed by atoms with Crippen LogP contribution in [0.5, 0.6) is 0 Å². The van der Waals surface area contributed by atoms with Crippen LogP contribution in [-0.4, -0.2) is 12.6 Å². The standard InChI is InChI=1S/C9H11NO2.2ClH/c1-2-12-9(11)7-3-5-8(10)6-4-7;;/h3-6H,2,10H2,1H3;2*1H. The van der Waals surface area contributed by atoms with Crippen molar-refractivity contribution in [3.63, 3.8) is 0 Å². The largest absolute Gasteiger partial charge is 0.462 e. The number of nitrogen functional groups attached to an aromatic ring is 1. The number of hydrogen-bond acceptors (Lipinski definition) is 3. The summed E-state index contributed by atoms with van der Waals surface area (Å²) in [7, 11) is 0. The van der Waals surface area contributed by atoms with Gasteiger partial charge < -0.3 is 10.5 Å². The molecule has 0 spiro atoms. The molecule has 0 saturated heterocycles. The predicted molar refractivity (Wildman–Crippen MR) is 61.3 cm³/mol. The number of halogens is 2. The first-order valence-electron chi connectivity index (χ1n) is 3.76. The molecule has 0 aliphatic heterocycles. The minimum absolute atomic E-state index is 0. The van der Waals surface area contributed by atoms with Crippen LogP contribution in [0.4, 0.5) is 5.69 Å². The van der Waals surface area contributed by atoms with E-state index in [1.165, 1.54) is 0 Å². The van der Waals surface area contributed by atoms with Crippen molar-refractivity contribution >= 4 is 36.5 Å². The number of hydrogen-bond donors (Lipinski definition) is 1. The lowest BCUT2D eigenvalue weighted by atomic mass is 10.2. The number of nitrogens with two attached hydrogens (primary N) is 1. The molecular weight excluding hydrogens is 225 g/mol. The van der Waals surface area contributed by atoms with Crippen molar-refractivity contribution in [1.29, 1.82) is 0 Å². The van der Waals surface area contributed by atoms with E-state index in [-0.39, 0.29) is 30.8 Å². The van der Waals surface area contributed by atoms with Crippen LogP contribution in [0.15, 0.2) is 24.3 Å². The second-order valence-electron chi connectivity index (χ2n) is 2.34. The fourth-order valence-electron chi connectivity index (χ4n) is 0.834. The Balaban J connectivity index is 0. The third kappa shape index (κ3) is 4.35. The van der Waals surface area contributed by atoms with Crippen molar-refractivity contribution in [3.05, 3.63) is 29.8 Å². The molecule has 0 bridgehead atoms. The smallest absolute Gasteiger partial charge is 0.338 e. The summed E-state index contributed by atoms with van der Waals surface area (Å²) in [5, 5.41) is 0. The predicted octanol–water partition coefficient (Wildman–Crippen LogP) is 2.29. The van der Waals surface area contributed by atoms with E-state index in [0.29, 0.717) is 17.9 Å². The zero-order valence-corrected chi connectivity index (χ0v) is 9.36. The average Bonchev–Trinajstić information content (AvgIpc) is 2.06. The molecule has 80 valence electrons. The number of carbonyl (C=O) groups is 1. The number of carbonyl (C=O) groups excluding carboxylic acids is 1. The molecule has 0 radical (unpaired) electrons. The summed E-state index contributed by atoms with van der Waals surface area (Å²) in [6.07, 6.45) is 0. The molecule has 0 aromatic heterocycles. The van der Waals surface area contributed by atoms with Gasteiger partial charge in [0.05, 0.1) is 12.2 Å². The second kappa shape index (κ2) is 7.47. The Morgan fingerprint density at radius 3 is 2.21 bits per heavy atom. The highest BCUT2D eigenvalue weighted by atomic mass is 35.5. The summed E-state index contributed by atoms with van der Waals surface area (Å²) in [6, 6.07) is 6.64. The maximum absolute atomic E-state index is 11.1. The van der Waals surface area contributed by atoms with Crippen molar-refractivity contribution in [2.45, 2.75) is 6.92 Å². The molecule has 0 atom stereocenters. The summed E-state index contributed by atoms with van der Waals surface area (Å²) >= 11 is 0. The van der Waals surface area contributed by atoms with Crippen LogP contribution < -0.4 is 5.73 Å². The van der Waals surface area contributed by atoms with Crippen LogP contribution in [0.1, 0.15) is 17.3 Å².